The number of amides is 1. The van der Waals surface area contributed by atoms with Gasteiger partial charge in [-0.15, -0.1) is 0 Å². The molecule has 0 unspecified atom stereocenters. The molecule has 0 bridgehead atoms. The molecule has 23 heavy (non-hydrogen) atoms. The first kappa shape index (κ1) is 14.7. The van der Waals surface area contributed by atoms with Crippen molar-refractivity contribution in [1.29, 1.82) is 0 Å². The number of carbonyl (C=O) groups is 1. The maximum absolute atomic E-state index is 12.4. The van der Waals surface area contributed by atoms with Gasteiger partial charge in [-0.25, -0.2) is 4.98 Å². The van der Waals surface area contributed by atoms with Crippen molar-refractivity contribution in [3.8, 4) is 5.75 Å². The lowest BCUT2D eigenvalue weighted by atomic mass is 10.2. The highest BCUT2D eigenvalue weighted by atomic mass is 16.3. The Kier molecular flexibility index (Phi) is 3.76. The number of phenols is 1. The number of aromatic nitrogens is 1. The third-order valence-electron chi connectivity index (χ3n) is 3.26. The summed E-state index contributed by atoms with van der Waals surface area (Å²) >= 11 is 0. The average Bonchev–Trinajstić information content (AvgIpc) is 2.82. The first-order valence-corrected chi connectivity index (χ1v) is 7.00. The van der Waals surface area contributed by atoms with Gasteiger partial charge in [-0.1, -0.05) is 6.07 Å². The number of hydrogen-bond donors (Lipinski definition) is 2. The maximum Gasteiger partial charge on any atom is 0.302 e. The van der Waals surface area contributed by atoms with Gasteiger partial charge in [0, 0.05) is 6.20 Å². The molecule has 3 rings (SSSR count). The molecule has 1 aromatic heterocycles. The minimum Gasteiger partial charge on any atom is -0.508 e. The molecule has 0 radical (unpaired) electrons. The molecule has 2 aromatic rings. The quantitative estimate of drug-likeness (QED) is 0.672. The van der Waals surface area contributed by atoms with Crippen molar-refractivity contribution in [3.63, 3.8) is 0 Å². The van der Waals surface area contributed by atoms with Gasteiger partial charge in [0.15, 0.2) is 11.5 Å². The van der Waals surface area contributed by atoms with Gasteiger partial charge >= 0.3 is 5.91 Å². The topological polar surface area (TPSA) is 90.2 Å². The molecule has 0 spiro atoms. The van der Waals surface area contributed by atoms with E-state index in [0.717, 1.165) is 5.56 Å². The van der Waals surface area contributed by atoms with E-state index in [1.165, 1.54) is 17.1 Å². The second-order valence-electron chi connectivity index (χ2n) is 5.12. The number of rotatable bonds is 3. The molecule has 2 N–H and O–H groups in total. The van der Waals surface area contributed by atoms with Crippen LogP contribution in [0.5, 0.6) is 5.75 Å². The lowest BCUT2D eigenvalue weighted by Gasteiger charge is -2.10. The van der Waals surface area contributed by atoms with Crippen molar-refractivity contribution in [2.45, 2.75) is 13.8 Å². The zero-order valence-corrected chi connectivity index (χ0v) is 12.7. The second-order valence-corrected chi connectivity index (χ2v) is 5.12. The zero-order chi connectivity index (χ0) is 16.4. The largest absolute Gasteiger partial charge is 0.508 e. The first-order valence-electron chi connectivity index (χ1n) is 7.00. The highest BCUT2D eigenvalue weighted by Gasteiger charge is 2.31. The fraction of sp³-hybridized carbons (Fsp3) is 0.125. The van der Waals surface area contributed by atoms with Crippen LogP contribution in [0.2, 0.25) is 0 Å². The van der Waals surface area contributed by atoms with Crippen LogP contribution in [0.4, 0.5) is 11.5 Å². The van der Waals surface area contributed by atoms with Crippen LogP contribution < -0.4 is 10.4 Å². The van der Waals surface area contributed by atoms with Crippen LogP contribution in [-0.2, 0) is 4.79 Å². The van der Waals surface area contributed by atoms with Crippen LogP contribution in [0.25, 0.3) is 0 Å². The molecular formula is C16H15N5O2. The number of carbonyl (C=O) groups excluding carboxylic acids is 1. The van der Waals surface area contributed by atoms with Crippen molar-refractivity contribution in [2.24, 2.45) is 10.2 Å². The van der Waals surface area contributed by atoms with Gasteiger partial charge in [0.25, 0.3) is 0 Å². The van der Waals surface area contributed by atoms with Crippen molar-refractivity contribution in [3.05, 3.63) is 48.2 Å². The Morgan fingerprint density at radius 2 is 1.87 bits per heavy atom. The molecule has 0 atom stereocenters. The molecule has 7 heteroatoms. The van der Waals surface area contributed by atoms with E-state index >= 15 is 0 Å². The molecule has 7 nitrogen and oxygen atoms in total. The summed E-state index contributed by atoms with van der Waals surface area (Å²) in [7, 11) is 0. The van der Waals surface area contributed by atoms with Crippen LogP contribution in [0, 0.1) is 6.92 Å². The smallest absolute Gasteiger partial charge is 0.302 e. The van der Waals surface area contributed by atoms with E-state index in [1.54, 1.807) is 31.3 Å². The van der Waals surface area contributed by atoms with E-state index in [2.05, 4.69) is 20.6 Å². The third-order valence-corrected chi connectivity index (χ3v) is 3.26. The van der Waals surface area contributed by atoms with Crippen molar-refractivity contribution < 1.29 is 9.90 Å². The number of hydrazone groups is 2. The van der Waals surface area contributed by atoms with Gasteiger partial charge in [0.05, 0.1) is 11.4 Å². The van der Waals surface area contributed by atoms with Gasteiger partial charge in [0.1, 0.15) is 5.75 Å². The van der Waals surface area contributed by atoms with E-state index in [1.807, 2.05) is 13.0 Å². The number of nitrogens with zero attached hydrogens (tertiary/aromatic N) is 4. The van der Waals surface area contributed by atoms with Crippen molar-refractivity contribution in [1.82, 2.24) is 4.98 Å². The molecule has 2 heterocycles. The Labute approximate surface area is 133 Å². The SMILES string of the molecule is CC1=NN(c2ccc(C)cn2)C(=O)/C1=N\Nc1ccc(O)cc1. The minimum absolute atomic E-state index is 0.162. The monoisotopic (exact) mass is 309 g/mol. The highest BCUT2D eigenvalue weighted by molar-refractivity contribution is 6.71. The molecule has 1 amide bonds. The number of phenolic OH excluding ortho intramolecular Hbond substituents is 1. The Balaban J connectivity index is 1.80. The predicted molar refractivity (Wildman–Crippen MR) is 88.7 cm³/mol. The Bertz CT molecular complexity index is 794. The summed E-state index contributed by atoms with van der Waals surface area (Å²) in [6.45, 7) is 3.63. The fourth-order valence-electron chi connectivity index (χ4n) is 2.02. The van der Waals surface area contributed by atoms with E-state index < -0.39 is 0 Å². The van der Waals surface area contributed by atoms with Crippen LogP contribution in [-0.4, -0.2) is 27.4 Å². The normalized spacial score (nSPS) is 15.9. The summed E-state index contributed by atoms with van der Waals surface area (Å²) in [4.78, 5) is 16.6. The third kappa shape index (κ3) is 3.03. The Morgan fingerprint density at radius 3 is 2.52 bits per heavy atom. The van der Waals surface area contributed by atoms with Gasteiger partial charge in [-0.05, 0) is 49.7 Å². The first-order chi connectivity index (χ1) is 11.0. The lowest BCUT2D eigenvalue weighted by molar-refractivity contribution is -0.112. The van der Waals surface area contributed by atoms with E-state index in [0.29, 0.717) is 17.2 Å². The molecule has 0 aliphatic carbocycles. The number of aromatic hydroxyl groups is 1. The van der Waals surface area contributed by atoms with Crippen molar-refractivity contribution in [2.75, 3.05) is 10.4 Å². The number of benzene rings is 1. The van der Waals surface area contributed by atoms with Crippen molar-refractivity contribution >= 4 is 28.8 Å². The van der Waals surface area contributed by atoms with Crippen LogP contribution >= 0.6 is 0 Å². The molecule has 0 fully saturated rings. The van der Waals surface area contributed by atoms with Crippen LogP contribution in [0.3, 0.4) is 0 Å². The number of pyridine rings is 1. The number of hydrogen-bond acceptors (Lipinski definition) is 6. The number of nitrogens with one attached hydrogen (secondary N) is 1. The van der Waals surface area contributed by atoms with Crippen LogP contribution in [0.1, 0.15) is 12.5 Å². The van der Waals surface area contributed by atoms with Gasteiger partial charge in [0.2, 0.25) is 0 Å². The summed E-state index contributed by atoms with van der Waals surface area (Å²) in [5.41, 5.74) is 5.17. The van der Waals surface area contributed by atoms with Gasteiger partial charge in [-0.3, -0.25) is 10.2 Å². The van der Waals surface area contributed by atoms with Gasteiger partial charge in [-0.2, -0.15) is 15.2 Å². The van der Waals surface area contributed by atoms with Gasteiger partial charge < -0.3 is 5.11 Å². The molecule has 0 saturated carbocycles. The maximum atomic E-state index is 12.4. The lowest BCUT2D eigenvalue weighted by Crippen LogP contribution is -2.28. The predicted octanol–water partition coefficient (Wildman–Crippen LogP) is 2.29. The Hall–Kier alpha value is -3.22. The molecule has 1 aromatic carbocycles. The summed E-state index contributed by atoms with van der Waals surface area (Å²) in [5, 5.41) is 18.8. The average molecular weight is 309 g/mol. The number of anilines is 2. The molecular weight excluding hydrogens is 294 g/mol. The zero-order valence-electron chi connectivity index (χ0n) is 12.7. The summed E-state index contributed by atoms with van der Waals surface area (Å²) in [6.07, 6.45) is 1.68. The standard InChI is InChI=1S/C16H15N5O2/c1-10-3-8-14(17-9-10)21-16(23)15(11(2)20-21)19-18-12-4-6-13(22)7-5-12/h3-9,18,22H,1-2H3/b19-15-. The molecule has 1 aliphatic rings. The molecule has 116 valence electrons. The highest BCUT2D eigenvalue weighted by Crippen LogP contribution is 2.18. The number of aryl methyl sites for hydroxylation is 1. The van der Waals surface area contributed by atoms with E-state index in [9.17, 15) is 9.90 Å². The molecule has 1 aliphatic heterocycles. The van der Waals surface area contributed by atoms with E-state index in [-0.39, 0.29) is 17.4 Å². The van der Waals surface area contributed by atoms with Crippen LogP contribution in [0.15, 0.2) is 52.8 Å². The summed E-state index contributed by atoms with van der Waals surface area (Å²) < 4.78 is 0. The van der Waals surface area contributed by atoms with E-state index in [4.69, 9.17) is 0 Å². The minimum atomic E-state index is -0.342. The summed E-state index contributed by atoms with van der Waals surface area (Å²) in [6, 6.07) is 9.98. The summed E-state index contributed by atoms with van der Waals surface area (Å²) in [5.74, 6) is 0.273. The molecule has 0 saturated heterocycles. The second kappa shape index (κ2) is 5.88. The fourth-order valence-corrected chi connectivity index (χ4v) is 2.02. The Morgan fingerprint density at radius 1 is 1.13 bits per heavy atom.